The summed E-state index contributed by atoms with van der Waals surface area (Å²) in [6.07, 6.45) is 4.87. The van der Waals surface area contributed by atoms with Gasteiger partial charge < -0.3 is 14.7 Å². The number of rotatable bonds is 8. The normalized spacial score (nSPS) is 15.9. The van der Waals surface area contributed by atoms with Gasteiger partial charge in [0, 0.05) is 25.6 Å². The summed E-state index contributed by atoms with van der Waals surface area (Å²) in [6, 6.07) is 17.5. The van der Waals surface area contributed by atoms with E-state index in [0.717, 1.165) is 37.7 Å². The third-order valence-electron chi connectivity index (χ3n) is 5.98. The number of aryl methyl sites for hydroxylation is 1. The van der Waals surface area contributed by atoms with Gasteiger partial charge in [0.25, 0.3) is 5.91 Å². The van der Waals surface area contributed by atoms with Crippen LogP contribution in [0.3, 0.4) is 0 Å². The van der Waals surface area contributed by atoms with E-state index in [0.29, 0.717) is 18.7 Å². The minimum atomic E-state index is -0.370. The number of halogens is 1. The summed E-state index contributed by atoms with van der Waals surface area (Å²) in [5.41, 5.74) is 2.19. The van der Waals surface area contributed by atoms with Crippen LogP contribution in [0.4, 0.5) is 4.39 Å². The fourth-order valence-electron chi connectivity index (χ4n) is 4.19. The highest BCUT2D eigenvalue weighted by Crippen LogP contribution is 2.32. The predicted octanol–water partition coefficient (Wildman–Crippen LogP) is 4.82. The molecule has 2 amide bonds. The summed E-state index contributed by atoms with van der Waals surface area (Å²) >= 11 is 0. The molecule has 172 valence electrons. The molecular weight excluding hydrogens is 421 g/mol. The number of amides is 2. The van der Waals surface area contributed by atoms with Gasteiger partial charge in [-0.2, -0.15) is 0 Å². The molecule has 1 fully saturated rings. The zero-order chi connectivity index (χ0) is 23.0. The number of nitrogens with one attached hydrogen (secondary N) is 1. The van der Waals surface area contributed by atoms with Crippen molar-refractivity contribution >= 4 is 11.8 Å². The standard InChI is InChI=1S/C26H28FN3O3/c27-21-14-12-20(13-15-21)18-28-26(32)22-17-24(33-29-22)23-10-4-5-16-30(23)25(31)11-6-9-19-7-2-1-3-8-19/h1-3,7-8,12-15,17,23H,4-6,9-11,16,18H2,(H,28,32). The number of likely N-dealkylation sites (tertiary alicyclic amines) is 1. The fourth-order valence-corrected chi connectivity index (χ4v) is 4.19. The molecule has 1 atom stereocenters. The fraction of sp³-hybridized carbons (Fsp3) is 0.346. The number of benzene rings is 2. The Morgan fingerprint density at radius 1 is 1.06 bits per heavy atom. The molecule has 6 nitrogen and oxygen atoms in total. The maximum absolute atomic E-state index is 13.0. The lowest BCUT2D eigenvalue weighted by atomic mass is 9.98. The van der Waals surface area contributed by atoms with Gasteiger partial charge in [0.1, 0.15) is 5.82 Å². The second-order valence-electron chi connectivity index (χ2n) is 8.36. The van der Waals surface area contributed by atoms with Crippen LogP contribution in [0.1, 0.15) is 65.5 Å². The van der Waals surface area contributed by atoms with Crippen molar-refractivity contribution in [2.24, 2.45) is 0 Å². The third-order valence-corrected chi connectivity index (χ3v) is 5.98. The molecule has 2 heterocycles. The average Bonchev–Trinajstić information content (AvgIpc) is 3.34. The summed E-state index contributed by atoms with van der Waals surface area (Å²) < 4.78 is 18.5. The van der Waals surface area contributed by atoms with Gasteiger partial charge in [-0.15, -0.1) is 0 Å². The van der Waals surface area contributed by atoms with Crippen molar-refractivity contribution in [1.82, 2.24) is 15.4 Å². The number of nitrogens with zero attached hydrogens (tertiary/aromatic N) is 2. The van der Waals surface area contributed by atoms with Crippen LogP contribution >= 0.6 is 0 Å². The van der Waals surface area contributed by atoms with E-state index in [-0.39, 0.29) is 35.9 Å². The van der Waals surface area contributed by atoms with Crippen LogP contribution in [0, 0.1) is 5.82 Å². The Bertz CT molecular complexity index is 1070. The second-order valence-corrected chi connectivity index (χ2v) is 8.36. The molecule has 1 aliphatic rings. The summed E-state index contributed by atoms with van der Waals surface area (Å²) in [4.78, 5) is 27.3. The summed E-state index contributed by atoms with van der Waals surface area (Å²) in [5, 5.41) is 6.69. The summed E-state index contributed by atoms with van der Waals surface area (Å²) in [6.45, 7) is 0.943. The molecule has 0 aliphatic carbocycles. The van der Waals surface area contributed by atoms with E-state index in [9.17, 15) is 14.0 Å². The molecule has 0 bridgehead atoms. The van der Waals surface area contributed by atoms with E-state index in [1.54, 1.807) is 18.2 Å². The predicted molar refractivity (Wildman–Crippen MR) is 122 cm³/mol. The second kappa shape index (κ2) is 10.9. The first-order chi connectivity index (χ1) is 16.1. The zero-order valence-electron chi connectivity index (χ0n) is 18.5. The van der Waals surface area contributed by atoms with Gasteiger partial charge in [0.05, 0.1) is 6.04 Å². The van der Waals surface area contributed by atoms with Crippen molar-refractivity contribution in [3.63, 3.8) is 0 Å². The smallest absolute Gasteiger partial charge is 0.273 e. The van der Waals surface area contributed by atoms with Gasteiger partial charge in [-0.05, 0) is 55.4 Å². The van der Waals surface area contributed by atoms with E-state index in [4.69, 9.17) is 4.52 Å². The van der Waals surface area contributed by atoms with Crippen molar-refractivity contribution in [3.05, 3.63) is 89.1 Å². The van der Waals surface area contributed by atoms with Gasteiger partial charge in [-0.25, -0.2) is 4.39 Å². The minimum absolute atomic E-state index is 0.106. The minimum Gasteiger partial charge on any atom is -0.358 e. The molecule has 0 saturated carbocycles. The molecular formula is C26H28FN3O3. The van der Waals surface area contributed by atoms with Crippen molar-refractivity contribution in [2.45, 2.75) is 51.1 Å². The number of carbonyl (C=O) groups is 2. The van der Waals surface area contributed by atoms with E-state index in [1.807, 2.05) is 23.1 Å². The Balaban J connectivity index is 1.34. The zero-order valence-corrected chi connectivity index (χ0v) is 18.5. The van der Waals surface area contributed by atoms with E-state index >= 15 is 0 Å². The van der Waals surface area contributed by atoms with Crippen molar-refractivity contribution in [2.75, 3.05) is 6.54 Å². The van der Waals surface area contributed by atoms with Crippen LogP contribution < -0.4 is 5.32 Å². The number of piperidine rings is 1. The van der Waals surface area contributed by atoms with Crippen LogP contribution in [0.15, 0.2) is 65.2 Å². The SMILES string of the molecule is O=C(NCc1ccc(F)cc1)c1cc(C2CCCCN2C(=O)CCCc2ccccc2)on1. The molecule has 7 heteroatoms. The Hall–Kier alpha value is -3.48. The molecule has 1 N–H and O–H groups in total. The first-order valence-electron chi connectivity index (χ1n) is 11.4. The van der Waals surface area contributed by atoms with Crippen LogP contribution in [-0.2, 0) is 17.8 Å². The third kappa shape index (κ3) is 6.06. The Labute approximate surface area is 192 Å². The molecule has 1 aliphatic heterocycles. The van der Waals surface area contributed by atoms with Gasteiger partial charge in [-0.3, -0.25) is 9.59 Å². The Kier molecular flexibility index (Phi) is 7.50. The van der Waals surface area contributed by atoms with Crippen LogP contribution in [0.25, 0.3) is 0 Å². The maximum Gasteiger partial charge on any atom is 0.273 e. The molecule has 4 rings (SSSR count). The van der Waals surface area contributed by atoms with Crippen LogP contribution in [0.2, 0.25) is 0 Å². The molecule has 33 heavy (non-hydrogen) atoms. The number of aromatic nitrogens is 1. The van der Waals surface area contributed by atoms with Gasteiger partial charge in [-0.1, -0.05) is 47.6 Å². The number of hydrogen-bond acceptors (Lipinski definition) is 4. The van der Waals surface area contributed by atoms with Gasteiger partial charge in [0.2, 0.25) is 5.91 Å². The highest BCUT2D eigenvalue weighted by atomic mass is 19.1. The molecule has 1 saturated heterocycles. The van der Waals surface area contributed by atoms with Gasteiger partial charge in [0.15, 0.2) is 11.5 Å². The lowest BCUT2D eigenvalue weighted by Crippen LogP contribution is -2.38. The number of carbonyl (C=O) groups excluding carboxylic acids is 2. The average molecular weight is 450 g/mol. The summed E-state index contributed by atoms with van der Waals surface area (Å²) in [5.74, 6) is -0.0453. The van der Waals surface area contributed by atoms with Crippen molar-refractivity contribution in [3.8, 4) is 0 Å². The van der Waals surface area contributed by atoms with E-state index in [1.165, 1.54) is 17.7 Å². The monoisotopic (exact) mass is 449 g/mol. The topological polar surface area (TPSA) is 75.4 Å². The molecule has 0 radical (unpaired) electrons. The van der Waals surface area contributed by atoms with Gasteiger partial charge >= 0.3 is 0 Å². The highest BCUT2D eigenvalue weighted by molar-refractivity contribution is 5.92. The molecule has 1 aromatic heterocycles. The first-order valence-corrected chi connectivity index (χ1v) is 11.4. The molecule has 2 aromatic carbocycles. The number of hydrogen-bond donors (Lipinski definition) is 1. The lowest BCUT2D eigenvalue weighted by molar-refractivity contribution is -0.135. The Morgan fingerprint density at radius 3 is 2.64 bits per heavy atom. The lowest BCUT2D eigenvalue weighted by Gasteiger charge is -2.34. The molecule has 3 aromatic rings. The molecule has 0 spiro atoms. The quantitative estimate of drug-likeness (QED) is 0.535. The summed E-state index contributed by atoms with van der Waals surface area (Å²) in [7, 11) is 0. The van der Waals surface area contributed by atoms with Crippen molar-refractivity contribution < 1.29 is 18.5 Å². The largest absolute Gasteiger partial charge is 0.358 e. The van der Waals surface area contributed by atoms with E-state index < -0.39 is 0 Å². The Morgan fingerprint density at radius 2 is 1.85 bits per heavy atom. The molecule has 1 unspecified atom stereocenters. The van der Waals surface area contributed by atoms with Crippen LogP contribution in [0.5, 0.6) is 0 Å². The van der Waals surface area contributed by atoms with Crippen molar-refractivity contribution in [1.29, 1.82) is 0 Å². The highest BCUT2D eigenvalue weighted by Gasteiger charge is 2.31. The van der Waals surface area contributed by atoms with Crippen LogP contribution in [-0.4, -0.2) is 28.4 Å². The first kappa shape index (κ1) is 22.7. The maximum atomic E-state index is 13.0. The van der Waals surface area contributed by atoms with E-state index in [2.05, 4.69) is 22.6 Å².